The van der Waals surface area contributed by atoms with Gasteiger partial charge in [0.05, 0.1) is 25.3 Å². The van der Waals surface area contributed by atoms with E-state index in [0.29, 0.717) is 36.5 Å². The number of aliphatic imine (C=N–C) groups is 1. The number of furan rings is 1. The summed E-state index contributed by atoms with van der Waals surface area (Å²) < 4.78 is 10.9. The van der Waals surface area contributed by atoms with Crippen molar-refractivity contribution < 1.29 is 18.7 Å². The fraction of sp³-hybridized carbons (Fsp3) is 0.345. The predicted molar refractivity (Wildman–Crippen MR) is 139 cm³/mol. The zero-order valence-electron chi connectivity index (χ0n) is 20.8. The van der Waals surface area contributed by atoms with E-state index in [9.17, 15) is 9.59 Å². The lowest BCUT2D eigenvalue weighted by Crippen LogP contribution is -2.42. The van der Waals surface area contributed by atoms with Gasteiger partial charge in [-0.25, -0.2) is 0 Å². The number of rotatable bonds is 8. The molecule has 3 aromatic rings. The topological polar surface area (TPSA) is 84.1 Å². The van der Waals surface area contributed by atoms with Crippen LogP contribution >= 0.6 is 0 Å². The third-order valence-electron chi connectivity index (χ3n) is 6.79. The maximum Gasteiger partial charge on any atom is 0.270 e. The number of benzene rings is 2. The van der Waals surface area contributed by atoms with E-state index in [1.165, 1.54) is 0 Å². The molecule has 0 unspecified atom stereocenters. The number of carbonyl (C=O) groups is 2. The number of morpholine rings is 1. The molecule has 3 heterocycles. The summed E-state index contributed by atoms with van der Waals surface area (Å²) >= 11 is 0. The molecule has 2 aliphatic heterocycles. The number of Topliss-reactive ketones (excluding diaryl/α,β-unsaturated/α-hetero) is 1. The van der Waals surface area contributed by atoms with Crippen molar-refractivity contribution >= 4 is 17.4 Å². The number of ether oxygens (including phenoxy) is 1. The van der Waals surface area contributed by atoms with Crippen LogP contribution in [-0.2, 0) is 22.5 Å². The summed E-state index contributed by atoms with van der Waals surface area (Å²) in [5.74, 6) is 1.36. The van der Waals surface area contributed by atoms with Crippen molar-refractivity contribution in [1.29, 1.82) is 0 Å². The van der Waals surface area contributed by atoms with E-state index in [1.54, 1.807) is 6.07 Å². The Morgan fingerprint density at radius 3 is 2.47 bits per heavy atom. The number of hydrogen-bond acceptors (Lipinski definition) is 6. The first-order chi connectivity index (χ1) is 17.5. The Kier molecular flexibility index (Phi) is 7.11. The Hall–Kier alpha value is -3.55. The Morgan fingerprint density at radius 2 is 1.75 bits per heavy atom. The zero-order valence-corrected chi connectivity index (χ0v) is 20.8. The van der Waals surface area contributed by atoms with Crippen LogP contribution in [0.1, 0.15) is 38.6 Å². The summed E-state index contributed by atoms with van der Waals surface area (Å²) in [6, 6.07) is 16.0. The van der Waals surface area contributed by atoms with Crippen LogP contribution in [0.4, 0.5) is 0 Å². The molecule has 36 heavy (non-hydrogen) atoms. The van der Waals surface area contributed by atoms with E-state index in [0.717, 1.165) is 66.4 Å². The molecule has 2 aliphatic rings. The van der Waals surface area contributed by atoms with E-state index in [4.69, 9.17) is 9.15 Å². The van der Waals surface area contributed by atoms with Crippen LogP contribution in [0, 0.1) is 13.8 Å². The highest BCUT2D eigenvalue weighted by molar-refractivity contribution is 6.46. The van der Waals surface area contributed by atoms with Crippen molar-refractivity contribution in [3.8, 4) is 11.1 Å². The van der Waals surface area contributed by atoms with E-state index in [-0.39, 0.29) is 11.7 Å². The standard InChI is InChI=1S/C29H31N3O4/c1-19-15-26(20(2)36-19)27(33)16-21-3-5-22(6-4-21)23-7-8-25-24(17-23)18-31-28(25)29(34)30-9-10-32-11-13-35-14-12-32/h3-8,15,17H,9-14,16,18H2,1-2H3,(H,30,34). The van der Waals surface area contributed by atoms with Crippen LogP contribution in [0.15, 0.2) is 57.9 Å². The molecule has 0 aliphatic carbocycles. The molecule has 1 N–H and O–H groups in total. The molecule has 186 valence electrons. The van der Waals surface area contributed by atoms with Crippen LogP contribution in [0.2, 0.25) is 0 Å². The quantitative estimate of drug-likeness (QED) is 0.492. The highest BCUT2D eigenvalue weighted by atomic mass is 16.5. The molecule has 1 aromatic heterocycles. The molecule has 0 atom stereocenters. The van der Waals surface area contributed by atoms with Gasteiger partial charge in [0.2, 0.25) is 0 Å². The minimum atomic E-state index is -0.119. The number of hydrogen-bond donors (Lipinski definition) is 1. The maximum absolute atomic E-state index is 12.7. The molecule has 1 saturated heterocycles. The maximum atomic E-state index is 12.7. The summed E-state index contributed by atoms with van der Waals surface area (Å²) in [6.45, 7) is 8.91. The van der Waals surface area contributed by atoms with Crippen LogP contribution in [0.25, 0.3) is 11.1 Å². The number of amides is 1. The monoisotopic (exact) mass is 485 g/mol. The van der Waals surface area contributed by atoms with Crippen LogP contribution in [-0.4, -0.2) is 61.7 Å². The molecular weight excluding hydrogens is 454 g/mol. The zero-order chi connectivity index (χ0) is 25.1. The minimum Gasteiger partial charge on any atom is -0.466 e. The number of fused-ring (bicyclic) bond motifs is 1. The predicted octanol–water partition coefficient (Wildman–Crippen LogP) is 3.74. The van der Waals surface area contributed by atoms with Gasteiger partial charge in [-0.15, -0.1) is 0 Å². The van der Waals surface area contributed by atoms with Crippen molar-refractivity contribution in [3.05, 3.63) is 82.3 Å². The normalized spacial score (nSPS) is 15.4. The second kappa shape index (κ2) is 10.6. The highest BCUT2D eigenvalue weighted by Crippen LogP contribution is 2.27. The molecule has 1 fully saturated rings. The molecular formula is C29H31N3O4. The van der Waals surface area contributed by atoms with Crippen LogP contribution in [0.3, 0.4) is 0 Å². The second-order valence-corrected chi connectivity index (χ2v) is 9.37. The van der Waals surface area contributed by atoms with Gasteiger partial charge in [0, 0.05) is 38.2 Å². The van der Waals surface area contributed by atoms with Gasteiger partial charge in [-0.05, 0) is 48.2 Å². The molecule has 1 amide bonds. The van der Waals surface area contributed by atoms with Gasteiger partial charge in [-0.1, -0.05) is 36.4 Å². The Morgan fingerprint density at radius 1 is 1.00 bits per heavy atom. The molecule has 5 rings (SSSR count). The average Bonchev–Trinajstić information content (AvgIpc) is 3.47. The van der Waals surface area contributed by atoms with Crippen LogP contribution < -0.4 is 5.32 Å². The molecule has 0 bridgehead atoms. The summed E-state index contributed by atoms with van der Waals surface area (Å²) in [5.41, 5.74) is 6.20. The number of ketones is 1. The summed E-state index contributed by atoms with van der Waals surface area (Å²) in [4.78, 5) is 32.2. The third kappa shape index (κ3) is 5.32. The number of carbonyl (C=O) groups excluding carboxylic acids is 2. The fourth-order valence-corrected chi connectivity index (χ4v) is 4.82. The van der Waals surface area contributed by atoms with Gasteiger partial charge in [-0.2, -0.15) is 0 Å². The van der Waals surface area contributed by atoms with Crippen molar-refractivity contribution in [1.82, 2.24) is 10.2 Å². The first-order valence-corrected chi connectivity index (χ1v) is 12.4. The molecule has 7 nitrogen and oxygen atoms in total. The van der Waals surface area contributed by atoms with Gasteiger partial charge < -0.3 is 14.5 Å². The lowest BCUT2D eigenvalue weighted by atomic mass is 9.96. The summed E-state index contributed by atoms with van der Waals surface area (Å²) in [5, 5.41) is 3.01. The van der Waals surface area contributed by atoms with Gasteiger partial charge in [0.15, 0.2) is 5.78 Å². The smallest absolute Gasteiger partial charge is 0.270 e. The first-order valence-electron chi connectivity index (χ1n) is 12.4. The van der Waals surface area contributed by atoms with Gasteiger partial charge in [0.25, 0.3) is 5.91 Å². The van der Waals surface area contributed by atoms with Gasteiger partial charge in [-0.3, -0.25) is 19.5 Å². The van der Waals surface area contributed by atoms with Crippen molar-refractivity contribution in [2.75, 3.05) is 39.4 Å². The molecule has 2 aromatic carbocycles. The van der Waals surface area contributed by atoms with Gasteiger partial charge >= 0.3 is 0 Å². The number of nitrogens with zero attached hydrogens (tertiary/aromatic N) is 2. The fourth-order valence-electron chi connectivity index (χ4n) is 4.82. The van der Waals surface area contributed by atoms with E-state index in [2.05, 4.69) is 21.3 Å². The summed E-state index contributed by atoms with van der Waals surface area (Å²) in [6.07, 6.45) is 0.335. The lowest BCUT2D eigenvalue weighted by molar-refractivity contribution is -0.114. The average molecular weight is 486 g/mol. The van der Waals surface area contributed by atoms with E-state index in [1.807, 2.05) is 50.2 Å². The second-order valence-electron chi connectivity index (χ2n) is 9.37. The Balaban J connectivity index is 1.20. The van der Waals surface area contributed by atoms with E-state index >= 15 is 0 Å². The van der Waals surface area contributed by atoms with Crippen LogP contribution in [0.5, 0.6) is 0 Å². The number of aryl methyl sites for hydroxylation is 2. The van der Waals surface area contributed by atoms with Gasteiger partial charge in [0.1, 0.15) is 17.2 Å². The SMILES string of the molecule is Cc1cc(C(=O)Cc2ccc(-c3ccc4c(c3)CN=C4C(=O)NCCN3CCOCC3)cc2)c(C)o1. The Labute approximate surface area is 211 Å². The first kappa shape index (κ1) is 24.2. The highest BCUT2D eigenvalue weighted by Gasteiger charge is 2.23. The molecule has 0 spiro atoms. The third-order valence-corrected chi connectivity index (χ3v) is 6.79. The molecule has 7 heteroatoms. The minimum absolute atomic E-state index is 0.0579. The molecule has 0 radical (unpaired) electrons. The van der Waals surface area contributed by atoms with Crippen molar-refractivity contribution in [2.24, 2.45) is 4.99 Å². The van der Waals surface area contributed by atoms with E-state index < -0.39 is 0 Å². The summed E-state index contributed by atoms with van der Waals surface area (Å²) in [7, 11) is 0. The molecule has 0 saturated carbocycles. The largest absolute Gasteiger partial charge is 0.466 e. The Bertz CT molecular complexity index is 1300. The van der Waals surface area contributed by atoms with Crippen molar-refractivity contribution in [3.63, 3.8) is 0 Å². The van der Waals surface area contributed by atoms with Crippen molar-refractivity contribution in [2.45, 2.75) is 26.8 Å². The lowest BCUT2D eigenvalue weighted by Gasteiger charge is -2.26. The number of nitrogens with one attached hydrogen (secondary N) is 1.